The van der Waals surface area contributed by atoms with Gasteiger partial charge in [0, 0.05) is 23.0 Å². The largest absolute Gasteiger partial charge is 0.489 e. The Morgan fingerprint density at radius 1 is 1.06 bits per heavy atom. The number of fused-ring (bicyclic) bond motifs is 1. The van der Waals surface area contributed by atoms with Gasteiger partial charge in [-0.3, -0.25) is 9.69 Å². The van der Waals surface area contributed by atoms with Crippen molar-refractivity contribution in [1.82, 2.24) is 4.90 Å². The summed E-state index contributed by atoms with van der Waals surface area (Å²) in [4.78, 5) is 17.0. The van der Waals surface area contributed by atoms with Gasteiger partial charge in [-0.1, -0.05) is 71.9 Å². The lowest BCUT2D eigenvalue weighted by molar-refractivity contribution is -0.129. The van der Waals surface area contributed by atoms with E-state index < -0.39 is 0 Å². The average Bonchev–Trinajstić information content (AvgIpc) is 2.88. The topological polar surface area (TPSA) is 56.6 Å². The SMILES string of the molecule is N#CC1=C2SCN(c3cccc(Cl)c3)CN2C(=O)C[C@H]1c1cccc(OCc2ccccc2)c1. The normalized spacial score (nSPS) is 17.9. The average molecular weight is 488 g/mol. The highest BCUT2D eigenvalue weighted by Gasteiger charge is 2.38. The Morgan fingerprint density at radius 3 is 2.68 bits per heavy atom. The first-order valence-electron chi connectivity index (χ1n) is 11.0. The van der Waals surface area contributed by atoms with Crippen LogP contribution in [0.25, 0.3) is 0 Å². The number of nitriles is 1. The molecular formula is C27H22ClN3O2S. The van der Waals surface area contributed by atoms with Crippen LogP contribution in [0.15, 0.2) is 89.5 Å². The molecule has 2 heterocycles. The quantitative estimate of drug-likeness (QED) is 0.432. The van der Waals surface area contributed by atoms with E-state index in [4.69, 9.17) is 16.3 Å². The predicted molar refractivity (Wildman–Crippen MR) is 135 cm³/mol. The van der Waals surface area contributed by atoms with E-state index in [2.05, 4.69) is 11.0 Å². The Kier molecular flexibility index (Phi) is 6.48. The van der Waals surface area contributed by atoms with E-state index in [0.29, 0.717) is 29.7 Å². The van der Waals surface area contributed by atoms with Crippen molar-refractivity contribution in [1.29, 1.82) is 5.26 Å². The van der Waals surface area contributed by atoms with Crippen LogP contribution < -0.4 is 9.64 Å². The van der Waals surface area contributed by atoms with Gasteiger partial charge in [0.15, 0.2) is 0 Å². The van der Waals surface area contributed by atoms with Crippen molar-refractivity contribution >= 4 is 35.0 Å². The summed E-state index contributed by atoms with van der Waals surface area (Å²) >= 11 is 7.67. The Morgan fingerprint density at radius 2 is 1.88 bits per heavy atom. The molecule has 1 atom stereocenters. The predicted octanol–water partition coefficient (Wildman–Crippen LogP) is 6.14. The van der Waals surface area contributed by atoms with Gasteiger partial charge in [-0.15, -0.1) is 0 Å². The van der Waals surface area contributed by atoms with Crippen LogP contribution in [0.4, 0.5) is 5.69 Å². The van der Waals surface area contributed by atoms with Crippen LogP contribution in [-0.2, 0) is 11.4 Å². The smallest absolute Gasteiger partial charge is 0.229 e. The Hall–Kier alpha value is -3.40. The minimum absolute atomic E-state index is 0.00818. The van der Waals surface area contributed by atoms with Gasteiger partial charge in [0.1, 0.15) is 12.4 Å². The summed E-state index contributed by atoms with van der Waals surface area (Å²) in [6, 6.07) is 27.7. The Balaban J connectivity index is 1.38. The van der Waals surface area contributed by atoms with Gasteiger partial charge < -0.3 is 9.64 Å². The van der Waals surface area contributed by atoms with Crippen molar-refractivity contribution in [2.75, 3.05) is 17.4 Å². The summed E-state index contributed by atoms with van der Waals surface area (Å²) in [5.41, 5.74) is 3.59. The van der Waals surface area contributed by atoms with Crippen molar-refractivity contribution in [3.63, 3.8) is 0 Å². The van der Waals surface area contributed by atoms with Crippen LogP contribution in [0, 0.1) is 11.3 Å². The van der Waals surface area contributed by atoms with Crippen molar-refractivity contribution in [2.45, 2.75) is 18.9 Å². The van der Waals surface area contributed by atoms with Crippen LogP contribution >= 0.6 is 23.4 Å². The van der Waals surface area contributed by atoms with E-state index in [0.717, 1.165) is 27.6 Å². The van der Waals surface area contributed by atoms with E-state index in [9.17, 15) is 10.1 Å². The maximum atomic E-state index is 13.2. The van der Waals surface area contributed by atoms with Crippen molar-refractivity contribution in [2.24, 2.45) is 0 Å². The molecule has 1 amide bonds. The van der Waals surface area contributed by atoms with Gasteiger partial charge >= 0.3 is 0 Å². The number of amides is 1. The number of nitrogens with zero attached hydrogens (tertiary/aromatic N) is 3. The van der Waals surface area contributed by atoms with E-state index >= 15 is 0 Å². The molecule has 0 spiro atoms. The highest BCUT2D eigenvalue weighted by atomic mass is 35.5. The minimum Gasteiger partial charge on any atom is -0.489 e. The van der Waals surface area contributed by atoms with Crippen LogP contribution in [0.2, 0.25) is 5.02 Å². The number of allylic oxidation sites excluding steroid dienone is 1. The standard InChI is InChI=1S/C27H22ClN3O2S/c28-21-9-5-10-22(13-21)30-17-31-26(32)14-24(25(15-29)27(31)34-18-30)20-8-4-11-23(12-20)33-16-19-6-2-1-3-7-19/h1-13,24H,14,16-18H2/t24-/m0/s1. The van der Waals surface area contributed by atoms with E-state index in [-0.39, 0.29) is 18.2 Å². The monoisotopic (exact) mass is 487 g/mol. The summed E-state index contributed by atoms with van der Waals surface area (Å²) < 4.78 is 5.98. The third-order valence-electron chi connectivity index (χ3n) is 5.98. The first-order chi connectivity index (χ1) is 16.6. The number of thioether (sulfide) groups is 1. The molecule has 5 rings (SSSR count). The number of rotatable bonds is 5. The number of carbonyl (C=O) groups is 1. The summed E-state index contributed by atoms with van der Waals surface area (Å²) in [7, 11) is 0. The lowest BCUT2D eigenvalue weighted by Crippen LogP contribution is -2.47. The molecule has 2 aliphatic heterocycles. The number of carbonyl (C=O) groups excluding carboxylic acids is 1. The van der Waals surface area contributed by atoms with Crippen molar-refractivity contribution < 1.29 is 9.53 Å². The van der Waals surface area contributed by atoms with E-state index in [1.54, 1.807) is 4.90 Å². The number of hydrogen-bond donors (Lipinski definition) is 0. The van der Waals surface area contributed by atoms with Gasteiger partial charge in [0.25, 0.3) is 0 Å². The van der Waals surface area contributed by atoms with Crippen LogP contribution in [-0.4, -0.2) is 23.4 Å². The van der Waals surface area contributed by atoms with Gasteiger partial charge in [0.2, 0.25) is 5.91 Å². The summed E-state index contributed by atoms with van der Waals surface area (Å²) in [6.45, 7) is 0.864. The molecule has 3 aromatic rings. The molecule has 0 radical (unpaired) electrons. The van der Waals surface area contributed by atoms with Crippen LogP contribution in [0.5, 0.6) is 5.75 Å². The summed E-state index contributed by atoms with van der Waals surface area (Å²) in [6.07, 6.45) is 0.248. The molecule has 34 heavy (non-hydrogen) atoms. The van der Waals surface area contributed by atoms with E-state index in [1.165, 1.54) is 11.8 Å². The summed E-state index contributed by atoms with van der Waals surface area (Å²) in [5.74, 6) is 1.09. The lowest BCUT2D eigenvalue weighted by atomic mass is 9.86. The van der Waals surface area contributed by atoms with E-state index in [1.807, 2.05) is 78.9 Å². The molecule has 2 aliphatic rings. The molecule has 170 valence electrons. The second kappa shape index (κ2) is 9.84. The third kappa shape index (κ3) is 4.63. The second-order valence-electron chi connectivity index (χ2n) is 8.19. The minimum atomic E-state index is -0.283. The third-order valence-corrected chi connectivity index (χ3v) is 7.37. The van der Waals surface area contributed by atoms with Gasteiger partial charge in [-0.2, -0.15) is 5.26 Å². The van der Waals surface area contributed by atoms with Gasteiger partial charge in [-0.25, -0.2) is 0 Å². The number of hydrogen-bond acceptors (Lipinski definition) is 5. The molecule has 7 heteroatoms. The van der Waals surface area contributed by atoms with Crippen molar-refractivity contribution in [3.8, 4) is 11.8 Å². The van der Waals surface area contributed by atoms with Crippen LogP contribution in [0.3, 0.4) is 0 Å². The highest BCUT2D eigenvalue weighted by molar-refractivity contribution is 8.03. The fourth-order valence-corrected chi connectivity index (χ4v) is 5.60. The molecule has 0 aromatic heterocycles. The van der Waals surface area contributed by atoms with Crippen LogP contribution in [0.1, 0.15) is 23.5 Å². The molecule has 0 unspecified atom stereocenters. The first-order valence-corrected chi connectivity index (χ1v) is 12.3. The second-order valence-corrected chi connectivity index (χ2v) is 9.56. The Labute approximate surface area is 208 Å². The molecule has 0 aliphatic carbocycles. The zero-order chi connectivity index (χ0) is 23.5. The number of halogens is 1. The number of anilines is 1. The zero-order valence-corrected chi connectivity index (χ0v) is 19.9. The molecule has 0 N–H and O–H groups in total. The summed E-state index contributed by atoms with van der Waals surface area (Å²) in [5, 5.41) is 11.5. The fourth-order valence-electron chi connectivity index (χ4n) is 4.25. The van der Waals surface area contributed by atoms with Crippen molar-refractivity contribution in [3.05, 3.63) is 106 Å². The maximum Gasteiger partial charge on any atom is 0.229 e. The molecule has 0 bridgehead atoms. The van der Waals surface area contributed by atoms with Gasteiger partial charge in [0.05, 0.1) is 29.2 Å². The number of ether oxygens (including phenoxy) is 1. The molecule has 3 aromatic carbocycles. The fraction of sp³-hybridized carbons (Fsp3) is 0.185. The Bertz CT molecular complexity index is 1290. The van der Waals surface area contributed by atoms with Gasteiger partial charge in [-0.05, 0) is 41.5 Å². The number of benzene rings is 3. The first kappa shape index (κ1) is 22.4. The molecule has 5 nitrogen and oxygen atoms in total. The highest BCUT2D eigenvalue weighted by Crippen LogP contribution is 2.43. The maximum absolute atomic E-state index is 13.2. The lowest BCUT2D eigenvalue weighted by Gasteiger charge is -2.42. The molecule has 1 saturated heterocycles. The molecule has 0 saturated carbocycles. The molecular weight excluding hydrogens is 466 g/mol. The zero-order valence-electron chi connectivity index (χ0n) is 18.4. The molecule has 1 fully saturated rings.